The number of hydrogen-bond donors (Lipinski definition) is 1. The van der Waals surface area contributed by atoms with Crippen molar-refractivity contribution in [2.45, 2.75) is 19.9 Å². The van der Waals surface area contributed by atoms with E-state index in [0.29, 0.717) is 28.5 Å². The Morgan fingerprint density at radius 3 is 2.35 bits per heavy atom. The SMILES string of the molecule is COc1ccc(/C(O)=C2/C(=O)C(=O)N(c3ccc(Oc4cccc(C)c4)cc3)C2c2cccs2)cc1C. The van der Waals surface area contributed by atoms with Gasteiger partial charge in [-0.2, -0.15) is 0 Å². The van der Waals surface area contributed by atoms with Crippen molar-refractivity contribution in [2.75, 3.05) is 12.0 Å². The van der Waals surface area contributed by atoms with Crippen molar-refractivity contribution in [2.24, 2.45) is 0 Å². The molecule has 2 heterocycles. The molecule has 0 radical (unpaired) electrons. The summed E-state index contributed by atoms with van der Waals surface area (Å²) >= 11 is 1.42. The summed E-state index contributed by atoms with van der Waals surface area (Å²) in [6, 6.07) is 22.8. The van der Waals surface area contributed by atoms with E-state index in [-0.39, 0.29) is 11.3 Å². The minimum atomic E-state index is -0.758. The van der Waals surface area contributed by atoms with Gasteiger partial charge in [-0.15, -0.1) is 11.3 Å². The molecular weight excluding hydrogens is 486 g/mol. The molecule has 1 unspecified atom stereocenters. The third-order valence-electron chi connectivity index (χ3n) is 6.27. The van der Waals surface area contributed by atoms with E-state index in [1.54, 1.807) is 49.6 Å². The molecule has 5 rings (SSSR count). The Hall–Kier alpha value is -4.36. The number of amides is 1. The van der Waals surface area contributed by atoms with Gasteiger partial charge in [-0.1, -0.05) is 18.2 Å². The zero-order valence-electron chi connectivity index (χ0n) is 20.6. The van der Waals surface area contributed by atoms with E-state index < -0.39 is 17.7 Å². The fourth-order valence-corrected chi connectivity index (χ4v) is 5.31. The van der Waals surface area contributed by atoms with E-state index in [1.807, 2.05) is 55.6 Å². The summed E-state index contributed by atoms with van der Waals surface area (Å²) in [4.78, 5) is 28.8. The van der Waals surface area contributed by atoms with Gasteiger partial charge in [0.15, 0.2) is 0 Å². The summed E-state index contributed by atoms with van der Waals surface area (Å²) in [5, 5.41) is 13.2. The van der Waals surface area contributed by atoms with E-state index in [0.717, 1.165) is 16.0 Å². The maximum atomic E-state index is 13.3. The second-order valence-corrected chi connectivity index (χ2v) is 9.76. The number of aryl methyl sites for hydroxylation is 2. The predicted molar refractivity (Wildman–Crippen MR) is 145 cm³/mol. The number of rotatable bonds is 6. The number of ketones is 1. The lowest BCUT2D eigenvalue weighted by atomic mass is 9.98. The van der Waals surface area contributed by atoms with E-state index in [2.05, 4.69) is 0 Å². The quantitative estimate of drug-likeness (QED) is 0.175. The van der Waals surface area contributed by atoms with Gasteiger partial charge in [-0.25, -0.2) is 0 Å². The van der Waals surface area contributed by atoms with Gasteiger partial charge >= 0.3 is 0 Å². The molecule has 1 amide bonds. The first-order chi connectivity index (χ1) is 17.9. The summed E-state index contributed by atoms with van der Waals surface area (Å²) in [6.45, 7) is 3.84. The monoisotopic (exact) mass is 511 g/mol. The lowest BCUT2D eigenvalue weighted by Crippen LogP contribution is -2.29. The Balaban J connectivity index is 1.54. The highest BCUT2D eigenvalue weighted by Gasteiger charge is 2.47. The standard InChI is InChI=1S/C30H25NO5S/c1-18-6-4-7-23(16-18)36-22-12-10-21(11-13-22)31-27(25-8-5-15-37-25)26(29(33)30(31)34)28(32)20-9-14-24(35-3)19(2)17-20/h4-17,27,32H,1-3H3/b28-26-. The highest BCUT2D eigenvalue weighted by molar-refractivity contribution is 7.10. The van der Waals surface area contributed by atoms with Gasteiger partial charge < -0.3 is 14.6 Å². The molecule has 0 aliphatic carbocycles. The van der Waals surface area contributed by atoms with Crippen LogP contribution in [0, 0.1) is 13.8 Å². The average Bonchev–Trinajstić information content (AvgIpc) is 3.51. The number of aliphatic hydroxyl groups excluding tert-OH is 1. The lowest BCUT2D eigenvalue weighted by molar-refractivity contribution is -0.132. The van der Waals surface area contributed by atoms with Crippen molar-refractivity contribution < 1.29 is 24.2 Å². The number of aliphatic hydroxyl groups is 1. The Kier molecular flexibility index (Phi) is 6.54. The number of thiophene rings is 1. The molecule has 6 nitrogen and oxygen atoms in total. The fraction of sp³-hybridized carbons (Fsp3) is 0.133. The molecule has 1 aliphatic rings. The van der Waals surface area contributed by atoms with Crippen molar-refractivity contribution in [3.8, 4) is 17.2 Å². The van der Waals surface area contributed by atoms with Crippen LogP contribution in [0.5, 0.6) is 17.2 Å². The summed E-state index contributed by atoms with van der Waals surface area (Å²) < 4.78 is 11.3. The molecule has 4 aromatic rings. The van der Waals surface area contributed by atoms with Gasteiger partial charge in [0.05, 0.1) is 12.7 Å². The fourth-order valence-electron chi connectivity index (χ4n) is 4.49. The Morgan fingerprint density at radius 1 is 0.919 bits per heavy atom. The highest BCUT2D eigenvalue weighted by Crippen LogP contribution is 2.44. The van der Waals surface area contributed by atoms with Crippen molar-refractivity contribution in [3.05, 3.63) is 111 Å². The number of carbonyl (C=O) groups excluding carboxylic acids is 2. The largest absolute Gasteiger partial charge is 0.507 e. The Morgan fingerprint density at radius 2 is 1.70 bits per heavy atom. The molecule has 7 heteroatoms. The number of benzene rings is 3. The minimum Gasteiger partial charge on any atom is -0.507 e. The summed E-state index contributed by atoms with van der Waals surface area (Å²) in [5.41, 5.74) is 2.91. The number of Topliss-reactive ketones (excluding diaryl/α,β-unsaturated/α-hetero) is 1. The third-order valence-corrected chi connectivity index (χ3v) is 7.19. The van der Waals surface area contributed by atoms with Crippen LogP contribution in [0.1, 0.15) is 27.6 Å². The molecule has 1 N–H and O–H groups in total. The van der Waals surface area contributed by atoms with Gasteiger partial charge in [0.2, 0.25) is 0 Å². The molecule has 186 valence electrons. The van der Waals surface area contributed by atoms with Crippen LogP contribution in [-0.4, -0.2) is 23.9 Å². The molecule has 0 bridgehead atoms. The maximum Gasteiger partial charge on any atom is 0.300 e. The molecule has 1 atom stereocenters. The molecule has 37 heavy (non-hydrogen) atoms. The maximum absolute atomic E-state index is 13.3. The van der Waals surface area contributed by atoms with Crippen LogP contribution in [0.15, 0.2) is 89.8 Å². The molecule has 0 spiro atoms. The number of nitrogens with zero attached hydrogens (tertiary/aromatic N) is 1. The number of ether oxygens (including phenoxy) is 2. The van der Waals surface area contributed by atoms with Crippen LogP contribution < -0.4 is 14.4 Å². The smallest absolute Gasteiger partial charge is 0.300 e. The normalized spacial score (nSPS) is 16.7. The summed E-state index contributed by atoms with van der Waals surface area (Å²) in [5.74, 6) is 0.333. The van der Waals surface area contributed by atoms with Crippen molar-refractivity contribution >= 4 is 34.5 Å². The topological polar surface area (TPSA) is 76.1 Å². The Labute approximate surface area is 219 Å². The van der Waals surface area contributed by atoms with Crippen LogP contribution in [0.4, 0.5) is 5.69 Å². The third kappa shape index (κ3) is 4.61. The second kappa shape index (κ2) is 9.95. The first-order valence-corrected chi connectivity index (χ1v) is 12.6. The lowest BCUT2D eigenvalue weighted by Gasteiger charge is -2.24. The van der Waals surface area contributed by atoms with E-state index in [4.69, 9.17) is 9.47 Å². The Bertz CT molecular complexity index is 1510. The average molecular weight is 512 g/mol. The summed E-state index contributed by atoms with van der Waals surface area (Å²) in [6.07, 6.45) is 0. The number of anilines is 1. The van der Waals surface area contributed by atoms with Crippen LogP contribution in [0.3, 0.4) is 0 Å². The van der Waals surface area contributed by atoms with Crippen LogP contribution in [-0.2, 0) is 9.59 Å². The molecule has 1 saturated heterocycles. The van der Waals surface area contributed by atoms with Crippen LogP contribution in [0.25, 0.3) is 5.76 Å². The summed E-state index contributed by atoms with van der Waals surface area (Å²) in [7, 11) is 1.57. The van der Waals surface area contributed by atoms with E-state index in [9.17, 15) is 14.7 Å². The zero-order chi connectivity index (χ0) is 26.1. The van der Waals surface area contributed by atoms with Gasteiger partial charge in [-0.3, -0.25) is 14.5 Å². The van der Waals surface area contributed by atoms with Crippen molar-refractivity contribution in [1.29, 1.82) is 0 Å². The van der Waals surface area contributed by atoms with Crippen molar-refractivity contribution in [1.82, 2.24) is 0 Å². The molecule has 1 aliphatic heterocycles. The predicted octanol–water partition coefficient (Wildman–Crippen LogP) is 6.79. The van der Waals surface area contributed by atoms with E-state index >= 15 is 0 Å². The molecule has 1 fully saturated rings. The van der Waals surface area contributed by atoms with E-state index in [1.165, 1.54) is 16.2 Å². The molecular formula is C30H25NO5S. The number of carbonyl (C=O) groups is 2. The molecule has 0 saturated carbocycles. The molecule has 1 aromatic heterocycles. The molecule has 3 aromatic carbocycles. The van der Waals surface area contributed by atoms with Gasteiger partial charge in [-0.05, 0) is 91.0 Å². The second-order valence-electron chi connectivity index (χ2n) is 8.78. The highest BCUT2D eigenvalue weighted by atomic mass is 32.1. The van der Waals surface area contributed by atoms with Gasteiger partial charge in [0.1, 0.15) is 29.0 Å². The first-order valence-electron chi connectivity index (χ1n) is 11.7. The van der Waals surface area contributed by atoms with Gasteiger partial charge in [0, 0.05) is 16.1 Å². The minimum absolute atomic E-state index is 0.0529. The van der Waals surface area contributed by atoms with Crippen LogP contribution in [0.2, 0.25) is 0 Å². The van der Waals surface area contributed by atoms with Gasteiger partial charge in [0.25, 0.3) is 11.7 Å². The zero-order valence-corrected chi connectivity index (χ0v) is 21.4. The number of methoxy groups -OCH3 is 1. The van der Waals surface area contributed by atoms with Crippen LogP contribution >= 0.6 is 11.3 Å². The first kappa shape index (κ1) is 24.3. The number of hydrogen-bond acceptors (Lipinski definition) is 6. The van der Waals surface area contributed by atoms with Crippen molar-refractivity contribution in [3.63, 3.8) is 0 Å².